The van der Waals surface area contributed by atoms with Crippen LogP contribution in [-0.4, -0.2) is 42.3 Å². The van der Waals surface area contributed by atoms with E-state index in [9.17, 15) is 14.7 Å². The minimum absolute atomic E-state index is 0.00210. The Morgan fingerprint density at radius 3 is 2.00 bits per heavy atom. The van der Waals surface area contributed by atoms with E-state index in [1.54, 1.807) is 25.1 Å². The molecular weight excluding hydrogens is 448 g/mol. The normalized spacial score (nSPS) is 11.2. The quantitative estimate of drug-likeness (QED) is 0.234. The summed E-state index contributed by atoms with van der Waals surface area (Å²) in [4.78, 5) is 23.6. The maximum absolute atomic E-state index is 12.5. The van der Waals surface area contributed by atoms with E-state index in [2.05, 4.69) is 0 Å². The lowest BCUT2D eigenvalue weighted by Gasteiger charge is -2.18. The first-order valence-electron chi connectivity index (χ1n) is 12.1. The summed E-state index contributed by atoms with van der Waals surface area (Å²) in [6, 6.07) is 7.96. The van der Waals surface area contributed by atoms with Crippen molar-refractivity contribution in [3.63, 3.8) is 0 Å². The second kappa shape index (κ2) is 13.0. The molecule has 7 nitrogen and oxygen atoms in total. The van der Waals surface area contributed by atoms with Crippen LogP contribution in [-0.2, 0) is 0 Å². The number of carboxylic acid groups (broad SMARTS) is 1. The van der Waals surface area contributed by atoms with Crippen LogP contribution < -0.4 is 14.2 Å². The van der Waals surface area contributed by atoms with Gasteiger partial charge in [0.05, 0.1) is 31.5 Å². The number of rotatable bonds is 14. The van der Waals surface area contributed by atoms with Gasteiger partial charge in [-0.25, -0.2) is 4.79 Å². The maximum Gasteiger partial charge on any atom is 0.335 e. The van der Waals surface area contributed by atoms with Gasteiger partial charge in [0.1, 0.15) is 11.5 Å². The molecule has 0 spiro atoms. The number of methoxy groups -OCH3 is 1. The first kappa shape index (κ1) is 28.0. The molecule has 0 bridgehead atoms. The van der Waals surface area contributed by atoms with E-state index in [1.165, 1.54) is 19.2 Å². The molecule has 0 heterocycles. The van der Waals surface area contributed by atoms with Gasteiger partial charge in [-0.15, -0.1) is 0 Å². The molecule has 0 aliphatic rings. The number of phenols is 1. The smallest absolute Gasteiger partial charge is 0.335 e. The van der Waals surface area contributed by atoms with Gasteiger partial charge in [0.15, 0.2) is 17.3 Å². The highest BCUT2D eigenvalue weighted by molar-refractivity contribution is 5.99. The molecule has 2 N–H and O–H groups in total. The molecule has 0 fully saturated rings. The number of benzene rings is 2. The van der Waals surface area contributed by atoms with Gasteiger partial charge in [0, 0.05) is 12.0 Å². The fraction of sp³-hybridized carbons (Fsp3) is 0.500. The van der Waals surface area contributed by atoms with E-state index in [0.29, 0.717) is 48.0 Å². The Morgan fingerprint density at radius 1 is 0.857 bits per heavy atom. The Bertz CT molecular complexity index is 1010. The van der Waals surface area contributed by atoms with E-state index in [1.807, 2.05) is 20.8 Å². The SMILES string of the molecule is COc1ccc(C(=O)O)cc1OCCCCCCCOc1ccc(C(=O)CC(C)(C)C)c(O)c1C. The number of phenolic OH excluding ortho intramolecular Hbond substituents is 1. The maximum atomic E-state index is 12.5. The van der Waals surface area contributed by atoms with E-state index in [-0.39, 0.29) is 22.5 Å². The monoisotopic (exact) mass is 486 g/mol. The van der Waals surface area contributed by atoms with Crippen molar-refractivity contribution in [2.24, 2.45) is 5.41 Å². The lowest BCUT2D eigenvalue weighted by molar-refractivity contribution is 0.0695. The molecule has 0 aliphatic heterocycles. The van der Waals surface area contributed by atoms with Crippen molar-refractivity contribution in [2.75, 3.05) is 20.3 Å². The van der Waals surface area contributed by atoms with Crippen LogP contribution in [0.25, 0.3) is 0 Å². The van der Waals surface area contributed by atoms with Crippen LogP contribution in [0, 0.1) is 12.3 Å². The zero-order valence-electron chi connectivity index (χ0n) is 21.5. The van der Waals surface area contributed by atoms with E-state index >= 15 is 0 Å². The van der Waals surface area contributed by atoms with Gasteiger partial charge in [-0.1, -0.05) is 40.0 Å². The topological polar surface area (TPSA) is 102 Å². The molecule has 2 aromatic carbocycles. The Labute approximate surface area is 208 Å². The first-order chi connectivity index (χ1) is 16.5. The third-order valence-electron chi connectivity index (χ3n) is 5.59. The Kier molecular flexibility index (Phi) is 10.4. The highest BCUT2D eigenvalue weighted by atomic mass is 16.5. The molecule has 35 heavy (non-hydrogen) atoms. The number of unbranched alkanes of at least 4 members (excludes halogenated alkanes) is 4. The molecule has 0 saturated heterocycles. The molecule has 0 aliphatic carbocycles. The van der Waals surface area contributed by atoms with Crippen molar-refractivity contribution >= 4 is 11.8 Å². The molecule has 0 atom stereocenters. The Hall–Kier alpha value is -3.22. The Balaban J connectivity index is 1.69. The number of aromatic carboxylic acids is 1. The summed E-state index contributed by atoms with van der Waals surface area (Å²) in [5.74, 6) is 0.477. The molecule has 0 radical (unpaired) electrons. The molecule has 0 saturated carbocycles. The third kappa shape index (κ3) is 8.81. The lowest BCUT2D eigenvalue weighted by atomic mass is 9.87. The summed E-state index contributed by atoms with van der Waals surface area (Å²) in [7, 11) is 1.52. The van der Waals surface area contributed by atoms with E-state index in [0.717, 1.165) is 32.1 Å². The molecule has 2 rings (SSSR count). The van der Waals surface area contributed by atoms with Crippen LogP contribution in [0.5, 0.6) is 23.0 Å². The lowest BCUT2D eigenvalue weighted by Crippen LogP contribution is -2.13. The second-order valence-corrected chi connectivity index (χ2v) is 9.88. The summed E-state index contributed by atoms with van der Waals surface area (Å²) in [5.41, 5.74) is 0.955. The van der Waals surface area contributed by atoms with E-state index < -0.39 is 5.97 Å². The molecule has 192 valence electrons. The number of carboxylic acids is 1. The fourth-order valence-corrected chi connectivity index (χ4v) is 3.66. The van der Waals surface area contributed by atoms with Crippen molar-refractivity contribution in [1.82, 2.24) is 0 Å². The molecule has 2 aromatic rings. The molecule has 0 unspecified atom stereocenters. The molecular formula is C28H38O7. The predicted molar refractivity (Wildman–Crippen MR) is 135 cm³/mol. The average Bonchev–Trinajstić information content (AvgIpc) is 2.79. The zero-order chi connectivity index (χ0) is 26.0. The summed E-state index contributed by atoms with van der Waals surface area (Å²) in [6.45, 7) is 8.77. The number of ether oxygens (including phenoxy) is 3. The second-order valence-electron chi connectivity index (χ2n) is 9.88. The fourth-order valence-electron chi connectivity index (χ4n) is 3.66. The van der Waals surface area contributed by atoms with Crippen molar-refractivity contribution in [3.8, 4) is 23.0 Å². The number of aromatic hydroxyl groups is 1. The van der Waals surface area contributed by atoms with Crippen LogP contribution in [0.4, 0.5) is 0 Å². The zero-order valence-corrected chi connectivity index (χ0v) is 21.5. The number of hydrogen-bond donors (Lipinski definition) is 2. The van der Waals surface area contributed by atoms with Gasteiger partial charge in [-0.05, 0) is 55.5 Å². The van der Waals surface area contributed by atoms with Gasteiger partial charge in [-0.2, -0.15) is 0 Å². The highest BCUT2D eigenvalue weighted by Crippen LogP contribution is 2.33. The largest absolute Gasteiger partial charge is 0.507 e. The van der Waals surface area contributed by atoms with Crippen LogP contribution in [0.3, 0.4) is 0 Å². The van der Waals surface area contributed by atoms with Gasteiger partial charge >= 0.3 is 5.97 Å². The highest BCUT2D eigenvalue weighted by Gasteiger charge is 2.21. The van der Waals surface area contributed by atoms with Crippen molar-refractivity contribution < 1.29 is 34.0 Å². The minimum atomic E-state index is -1.00. The molecule has 7 heteroatoms. The van der Waals surface area contributed by atoms with Gasteiger partial charge in [-0.3, -0.25) is 4.79 Å². The van der Waals surface area contributed by atoms with Crippen molar-refractivity contribution in [1.29, 1.82) is 0 Å². The van der Waals surface area contributed by atoms with Crippen LogP contribution >= 0.6 is 0 Å². The van der Waals surface area contributed by atoms with Crippen LogP contribution in [0.1, 0.15) is 85.6 Å². The predicted octanol–water partition coefficient (Wildman–Crippen LogP) is 6.43. The summed E-state index contributed by atoms with van der Waals surface area (Å²) in [5, 5.41) is 19.6. The van der Waals surface area contributed by atoms with Gasteiger partial charge in [0.2, 0.25) is 0 Å². The first-order valence-corrected chi connectivity index (χ1v) is 12.1. The van der Waals surface area contributed by atoms with E-state index in [4.69, 9.17) is 19.3 Å². The molecule has 0 aromatic heterocycles. The number of hydrogen-bond acceptors (Lipinski definition) is 6. The summed E-state index contributed by atoms with van der Waals surface area (Å²) >= 11 is 0. The minimum Gasteiger partial charge on any atom is -0.507 e. The Morgan fingerprint density at radius 2 is 1.43 bits per heavy atom. The van der Waals surface area contributed by atoms with Crippen LogP contribution in [0.2, 0.25) is 0 Å². The standard InChI is InChI=1S/C28H38O7/c1-19-23(14-12-21(26(19)30)22(29)18-28(2,3)4)34-15-9-7-6-8-10-16-35-25-17-20(27(31)32)11-13-24(25)33-5/h11-14,17,30H,6-10,15-16,18H2,1-5H3,(H,31,32). The third-order valence-corrected chi connectivity index (χ3v) is 5.59. The van der Waals surface area contributed by atoms with Gasteiger partial charge in [0.25, 0.3) is 0 Å². The number of carbonyl (C=O) groups is 2. The van der Waals surface area contributed by atoms with Crippen molar-refractivity contribution in [3.05, 3.63) is 47.0 Å². The number of carbonyl (C=O) groups excluding carboxylic acids is 1. The summed E-state index contributed by atoms with van der Waals surface area (Å²) in [6.07, 6.45) is 5.08. The summed E-state index contributed by atoms with van der Waals surface area (Å²) < 4.78 is 16.8. The number of ketones is 1. The van der Waals surface area contributed by atoms with Crippen molar-refractivity contribution in [2.45, 2.75) is 66.2 Å². The van der Waals surface area contributed by atoms with Crippen LogP contribution in [0.15, 0.2) is 30.3 Å². The average molecular weight is 487 g/mol. The van der Waals surface area contributed by atoms with Gasteiger partial charge < -0.3 is 24.4 Å². The molecule has 0 amide bonds. The number of Topliss-reactive ketones (excluding diaryl/α,β-unsaturated/α-hetero) is 1.